The molecule has 19 heteroatoms. The average Bonchev–Trinajstić information content (AvgIpc) is 3.34. The summed E-state index contributed by atoms with van der Waals surface area (Å²) in [7, 11) is 1.29. The highest BCUT2D eigenvalue weighted by Gasteiger charge is 2.79. The molecule has 2 rings (SSSR count). The standard InChI is InChI=1S/C26H39F6N5O4.C2HF3O/c1-13-18(20(39)35-16(11-33)9-15-10-23(6,7)36-19(15)38)37(12-24(13,25(27,28)29)26(30,31)32)21(40)17(34-8)14(2)41-22(3,4)5;3-2(4,5)1-6/h13-18,34H,9-10,12H2,1-8H3,(H,35,39)(H,36,38);1H. The smallest absolute Gasteiger partial charge is 0.371 e. The summed E-state index contributed by atoms with van der Waals surface area (Å²) in [4.78, 5) is 48.3. The lowest BCUT2D eigenvalue weighted by molar-refractivity contribution is -0.347. The van der Waals surface area contributed by atoms with Crippen molar-refractivity contribution in [3.8, 4) is 6.07 Å². The number of amides is 3. The number of aldehydes is 1. The Morgan fingerprint density at radius 1 is 1.11 bits per heavy atom. The minimum atomic E-state index is -5.87. The Bertz CT molecular complexity index is 1180. The van der Waals surface area contributed by atoms with E-state index in [1.54, 1.807) is 40.7 Å². The van der Waals surface area contributed by atoms with Crippen LogP contribution in [0.15, 0.2) is 0 Å². The quantitative estimate of drug-likeness (QED) is 0.259. The number of carbonyl (C=O) groups excluding carboxylic acids is 4. The molecule has 0 bridgehead atoms. The van der Waals surface area contributed by atoms with Crippen LogP contribution < -0.4 is 16.0 Å². The van der Waals surface area contributed by atoms with Gasteiger partial charge in [0.25, 0.3) is 0 Å². The second-order valence-corrected chi connectivity index (χ2v) is 13.2. The highest BCUT2D eigenvalue weighted by molar-refractivity contribution is 5.91. The summed E-state index contributed by atoms with van der Waals surface area (Å²) < 4.78 is 123. The number of likely N-dealkylation sites (N-methyl/N-ethyl adjacent to an activating group) is 1. The van der Waals surface area contributed by atoms with Gasteiger partial charge in [-0.3, -0.25) is 19.2 Å². The molecule has 3 amide bonds. The monoisotopic (exact) mass is 697 g/mol. The van der Waals surface area contributed by atoms with E-state index in [1.165, 1.54) is 14.0 Å². The lowest BCUT2D eigenvalue weighted by atomic mass is 9.74. The van der Waals surface area contributed by atoms with Gasteiger partial charge in [-0.05, 0) is 61.4 Å². The number of alkyl halides is 9. The first-order chi connectivity index (χ1) is 21.0. The summed E-state index contributed by atoms with van der Waals surface area (Å²) in [6.45, 7) is 8.64. The van der Waals surface area contributed by atoms with E-state index in [1.807, 2.05) is 0 Å². The van der Waals surface area contributed by atoms with Crippen LogP contribution in [-0.2, 0) is 23.9 Å². The van der Waals surface area contributed by atoms with Crippen molar-refractivity contribution in [3.05, 3.63) is 0 Å². The SMILES string of the molecule is CNC(C(=O)N1CC(C(F)(F)F)(C(F)(F)F)C(C)C1C(=O)NC(C#N)CC1CC(C)(C)NC1=O)C(C)OC(C)(C)C.O=CC(F)(F)F. The second kappa shape index (κ2) is 14.5. The first-order valence-corrected chi connectivity index (χ1v) is 14.3. The number of carbonyl (C=O) groups is 4. The van der Waals surface area contributed by atoms with Crippen LogP contribution in [0.5, 0.6) is 0 Å². The Morgan fingerprint density at radius 2 is 1.60 bits per heavy atom. The van der Waals surface area contributed by atoms with Gasteiger partial charge in [0.2, 0.25) is 24.0 Å². The van der Waals surface area contributed by atoms with E-state index in [2.05, 4.69) is 16.0 Å². The van der Waals surface area contributed by atoms with Gasteiger partial charge in [-0.15, -0.1) is 0 Å². The molecule has 2 aliphatic rings. The van der Waals surface area contributed by atoms with Crippen molar-refractivity contribution < 1.29 is 63.4 Å². The molecular weight excluding hydrogens is 657 g/mol. The van der Waals surface area contributed by atoms with Crippen molar-refractivity contribution in [2.75, 3.05) is 13.6 Å². The molecule has 2 fully saturated rings. The van der Waals surface area contributed by atoms with Crippen LogP contribution in [0.25, 0.3) is 0 Å². The Morgan fingerprint density at radius 3 is 1.94 bits per heavy atom. The molecular formula is C28H40F9N5O5. The van der Waals surface area contributed by atoms with Crippen molar-refractivity contribution in [2.45, 2.75) is 115 Å². The molecule has 6 atom stereocenters. The lowest BCUT2D eigenvalue weighted by Gasteiger charge is -2.37. The Labute approximate surface area is 266 Å². The molecule has 2 aliphatic heterocycles. The minimum Gasteiger partial charge on any atom is -0.371 e. The predicted octanol–water partition coefficient (Wildman–Crippen LogP) is 3.80. The third-order valence-corrected chi connectivity index (χ3v) is 7.87. The van der Waals surface area contributed by atoms with Gasteiger partial charge in [0.05, 0.1) is 17.8 Å². The van der Waals surface area contributed by atoms with Crippen LogP contribution in [0.2, 0.25) is 0 Å². The molecule has 0 aromatic carbocycles. The van der Waals surface area contributed by atoms with E-state index in [4.69, 9.17) is 9.53 Å². The Hall–Kier alpha value is -3.14. The number of likely N-dealkylation sites (tertiary alicyclic amines) is 1. The molecule has 270 valence electrons. The first-order valence-electron chi connectivity index (χ1n) is 14.3. The molecule has 6 unspecified atom stereocenters. The van der Waals surface area contributed by atoms with Crippen LogP contribution in [0.4, 0.5) is 39.5 Å². The third kappa shape index (κ3) is 10.2. The van der Waals surface area contributed by atoms with E-state index in [0.717, 1.165) is 0 Å². The molecule has 0 radical (unpaired) electrons. The van der Waals surface area contributed by atoms with Gasteiger partial charge in [-0.25, -0.2) is 0 Å². The Balaban J connectivity index is 0.00000167. The highest BCUT2D eigenvalue weighted by Crippen LogP contribution is 2.60. The maximum absolute atomic E-state index is 14.3. The minimum absolute atomic E-state index is 0.216. The van der Waals surface area contributed by atoms with Crippen LogP contribution in [0, 0.1) is 28.6 Å². The van der Waals surface area contributed by atoms with E-state index >= 15 is 0 Å². The van der Waals surface area contributed by atoms with Gasteiger partial charge >= 0.3 is 18.5 Å². The molecule has 3 N–H and O–H groups in total. The van der Waals surface area contributed by atoms with Crippen molar-refractivity contribution in [2.24, 2.45) is 17.3 Å². The van der Waals surface area contributed by atoms with Crippen molar-refractivity contribution >= 4 is 24.0 Å². The van der Waals surface area contributed by atoms with E-state index in [-0.39, 0.29) is 11.3 Å². The van der Waals surface area contributed by atoms with E-state index in [0.29, 0.717) is 13.3 Å². The lowest BCUT2D eigenvalue weighted by Crippen LogP contribution is -2.57. The zero-order valence-electron chi connectivity index (χ0n) is 27.0. The van der Waals surface area contributed by atoms with Gasteiger partial charge < -0.3 is 25.6 Å². The fourth-order valence-electron chi connectivity index (χ4n) is 5.92. The summed E-state index contributed by atoms with van der Waals surface area (Å²) in [5.41, 5.74) is -5.82. The Kier molecular flexibility index (Phi) is 13.0. The zero-order chi connectivity index (χ0) is 37.1. The number of hydrogen-bond acceptors (Lipinski definition) is 7. The first kappa shape index (κ1) is 41.9. The maximum Gasteiger partial charge on any atom is 0.446 e. The molecule has 2 saturated heterocycles. The largest absolute Gasteiger partial charge is 0.446 e. The van der Waals surface area contributed by atoms with Crippen molar-refractivity contribution in [3.63, 3.8) is 0 Å². The summed E-state index contributed by atoms with van der Waals surface area (Å²) in [5.74, 6) is -6.13. The highest BCUT2D eigenvalue weighted by atomic mass is 19.4. The zero-order valence-corrected chi connectivity index (χ0v) is 27.0. The summed E-state index contributed by atoms with van der Waals surface area (Å²) >= 11 is 0. The molecule has 0 aliphatic carbocycles. The number of nitrogens with one attached hydrogen (secondary N) is 3. The van der Waals surface area contributed by atoms with Crippen LogP contribution in [0.3, 0.4) is 0 Å². The number of ether oxygens (including phenoxy) is 1. The third-order valence-electron chi connectivity index (χ3n) is 7.87. The molecule has 0 aromatic heterocycles. The second-order valence-electron chi connectivity index (χ2n) is 13.2. The molecule has 0 spiro atoms. The molecule has 0 saturated carbocycles. The van der Waals surface area contributed by atoms with Crippen molar-refractivity contribution in [1.29, 1.82) is 5.26 Å². The van der Waals surface area contributed by atoms with Crippen LogP contribution >= 0.6 is 0 Å². The van der Waals surface area contributed by atoms with E-state index < -0.39 is 102 Å². The van der Waals surface area contributed by atoms with Crippen LogP contribution in [0.1, 0.15) is 61.3 Å². The fraction of sp³-hybridized carbons (Fsp3) is 0.821. The molecule has 47 heavy (non-hydrogen) atoms. The summed E-state index contributed by atoms with van der Waals surface area (Å²) in [6.07, 6.45) is -18.4. The number of nitriles is 1. The number of halogens is 9. The average molecular weight is 698 g/mol. The maximum atomic E-state index is 14.3. The van der Waals surface area contributed by atoms with Gasteiger partial charge in [0, 0.05) is 23.9 Å². The predicted molar refractivity (Wildman–Crippen MR) is 147 cm³/mol. The molecule has 0 aromatic rings. The van der Waals surface area contributed by atoms with Gasteiger partial charge in [0.1, 0.15) is 18.1 Å². The number of hydrogen-bond donors (Lipinski definition) is 3. The topological polar surface area (TPSA) is 141 Å². The molecule has 10 nitrogen and oxygen atoms in total. The van der Waals surface area contributed by atoms with Gasteiger partial charge in [-0.2, -0.15) is 44.8 Å². The van der Waals surface area contributed by atoms with Crippen molar-refractivity contribution in [1.82, 2.24) is 20.9 Å². The van der Waals surface area contributed by atoms with Gasteiger partial charge in [-0.1, -0.05) is 6.92 Å². The molecule has 2 heterocycles. The fourth-order valence-corrected chi connectivity index (χ4v) is 5.92. The van der Waals surface area contributed by atoms with E-state index in [9.17, 15) is 59.2 Å². The number of rotatable bonds is 8. The number of nitrogens with zero attached hydrogens (tertiary/aromatic N) is 2. The van der Waals surface area contributed by atoms with Gasteiger partial charge in [0.15, 0.2) is 5.41 Å². The normalized spacial score (nSPS) is 24.6. The summed E-state index contributed by atoms with van der Waals surface area (Å²) in [6, 6.07) is -3.28. The summed E-state index contributed by atoms with van der Waals surface area (Å²) in [5, 5.41) is 17.1. The van der Waals surface area contributed by atoms with Crippen LogP contribution in [-0.4, -0.2) is 96.4 Å².